The van der Waals surface area contributed by atoms with E-state index in [-0.39, 0.29) is 23.9 Å². The maximum Gasteiger partial charge on any atom is 0.333 e. The van der Waals surface area contributed by atoms with Crippen molar-refractivity contribution in [3.05, 3.63) is 65.9 Å². The normalized spacial score (nSPS) is 11.0. The molecule has 0 aliphatic heterocycles. The first-order chi connectivity index (χ1) is 11.5. The molecule has 1 N–H and O–H groups in total. The van der Waals surface area contributed by atoms with E-state index in [0.717, 1.165) is 6.20 Å². The van der Waals surface area contributed by atoms with Crippen LogP contribution in [0.4, 0.5) is 19.0 Å². The highest BCUT2D eigenvalue weighted by Gasteiger charge is 2.14. The number of amides is 1. The lowest BCUT2D eigenvalue weighted by Gasteiger charge is -2.03. The lowest BCUT2D eigenvalue weighted by molar-refractivity contribution is 0.0561. The van der Waals surface area contributed by atoms with E-state index in [0.29, 0.717) is 10.2 Å². The van der Waals surface area contributed by atoms with E-state index >= 15 is 0 Å². The smallest absolute Gasteiger partial charge is 0.304 e. The molecule has 0 aliphatic carbocycles. The number of anilines is 1. The molecule has 6 nitrogen and oxygen atoms in total. The molecule has 0 atom stereocenters. The monoisotopic (exact) mass is 335 g/mol. The van der Waals surface area contributed by atoms with Crippen LogP contribution in [0.15, 0.2) is 48.8 Å². The number of benzene rings is 1. The summed E-state index contributed by atoms with van der Waals surface area (Å²) < 4.78 is 40.3. The second kappa shape index (κ2) is 6.57. The van der Waals surface area contributed by atoms with Gasteiger partial charge in [0.1, 0.15) is 5.82 Å². The molecular formula is C15H12F3N5O. The Morgan fingerprint density at radius 2 is 1.92 bits per heavy atom. The zero-order chi connectivity index (χ0) is 17.1. The van der Waals surface area contributed by atoms with Crippen molar-refractivity contribution in [3.8, 4) is 0 Å². The summed E-state index contributed by atoms with van der Waals surface area (Å²) in [5, 5.41) is 10.00. The van der Waals surface area contributed by atoms with Crippen LogP contribution in [-0.2, 0) is 6.54 Å². The summed E-state index contributed by atoms with van der Waals surface area (Å²) in [6, 6.07) is 8.98. The van der Waals surface area contributed by atoms with Crippen LogP contribution in [0.2, 0.25) is 0 Å². The summed E-state index contributed by atoms with van der Waals surface area (Å²) in [4.78, 5) is 11.9. The maximum absolute atomic E-state index is 13.6. The summed E-state index contributed by atoms with van der Waals surface area (Å²) in [6.07, 6.45) is 2.58. The van der Waals surface area contributed by atoms with Gasteiger partial charge in [0.25, 0.3) is 5.91 Å². The second-order valence-electron chi connectivity index (χ2n) is 4.90. The Morgan fingerprint density at radius 3 is 2.62 bits per heavy atom. The molecule has 0 saturated carbocycles. The molecular weight excluding hydrogens is 323 g/mol. The van der Waals surface area contributed by atoms with Gasteiger partial charge in [-0.2, -0.15) is 19.0 Å². The molecule has 9 heteroatoms. The first-order valence-corrected chi connectivity index (χ1v) is 6.94. The third-order valence-corrected chi connectivity index (χ3v) is 3.21. The fourth-order valence-corrected chi connectivity index (χ4v) is 2.07. The average molecular weight is 335 g/mol. The molecule has 0 spiro atoms. The molecule has 0 bridgehead atoms. The predicted octanol–water partition coefficient (Wildman–Crippen LogP) is 2.91. The van der Waals surface area contributed by atoms with Crippen LogP contribution in [0.5, 0.6) is 0 Å². The van der Waals surface area contributed by atoms with Crippen LogP contribution in [0.1, 0.15) is 22.6 Å². The molecule has 124 valence electrons. The summed E-state index contributed by atoms with van der Waals surface area (Å²) in [5.74, 6) is -0.801. The molecule has 2 aromatic heterocycles. The van der Waals surface area contributed by atoms with Gasteiger partial charge in [-0.25, -0.2) is 9.07 Å². The minimum Gasteiger partial charge on any atom is -0.304 e. The van der Waals surface area contributed by atoms with Gasteiger partial charge < -0.3 is 5.32 Å². The van der Waals surface area contributed by atoms with Gasteiger partial charge in [-0.3, -0.25) is 9.48 Å². The maximum atomic E-state index is 13.6. The Morgan fingerprint density at radius 1 is 1.12 bits per heavy atom. The standard InChI is InChI=1S/C15H12F3N5O/c16-11-4-2-1-3-10(11)9-22-7-6-13(21-22)19-14(24)12-5-8-23(20-12)15(17)18/h1-8,15H,9H2,(H,19,21,24). The molecule has 0 fully saturated rings. The topological polar surface area (TPSA) is 64.7 Å². The van der Waals surface area contributed by atoms with E-state index in [2.05, 4.69) is 15.5 Å². The van der Waals surface area contributed by atoms with Crippen molar-refractivity contribution < 1.29 is 18.0 Å². The second-order valence-corrected chi connectivity index (χ2v) is 4.90. The van der Waals surface area contributed by atoms with E-state index in [1.54, 1.807) is 24.4 Å². The summed E-state index contributed by atoms with van der Waals surface area (Å²) in [7, 11) is 0. The van der Waals surface area contributed by atoms with Gasteiger partial charge in [0.05, 0.1) is 6.54 Å². The van der Waals surface area contributed by atoms with Gasteiger partial charge in [-0.15, -0.1) is 0 Å². The molecule has 3 rings (SSSR count). The molecule has 0 unspecified atom stereocenters. The van der Waals surface area contributed by atoms with Crippen LogP contribution in [0.3, 0.4) is 0 Å². The molecule has 0 radical (unpaired) electrons. The SMILES string of the molecule is O=C(Nc1ccn(Cc2ccccc2F)n1)c1ccn(C(F)F)n1. The van der Waals surface area contributed by atoms with Crippen LogP contribution in [0, 0.1) is 5.82 Å². The number of rotatable bonds is 5. The van der Waals surface area contributed by atoms with Crippen LogP contribution in [0.25, 0.3) is 0 Å². The molecule has 1 aromatic carbocycles. The summed E-state index contributed by atoms with van der Waals surface area (Å²) in [6.45, 7) is -2.62. The van der Waals surface area contributed by atoms with Crippen LogP contribution < -0.4 is 5.32 Å². The minimum absolute atomic E-state index is 0.154. The Kier molecular flexibility index (Phi) is 4.32. The first kappa shape index (κ1) is 15.8. The van der Waals surface area contributed by atoms with Crippen molar-refractivity contribution >= 4 is 11.7 Å². The number of alkyl halides is 2. The Balaban J connectivity index is 1.67. The lowest BCUT2D eigenvalue weighted by Crippen LogP contribution is -2.14. The fraction of sp³-hybridized carbons (Fsp3) is 0.133. The molecule has 0 aliphatic rings. The minimum atomic E-state index is -2.81. The third-order valence-electron chi connectivity index (χ3n) is 3.21. The largest absolute Gasteiger partial charge is 0.333 e. The summed E-state index contributed by atoms with van der Waals surface area (Å²) >= 11 is 0. The van der Waals surface area contributed by atoms with Crippen molar-refractivity contribution in [2.75, 3.05) is 5.32 Å². The van der Waals surface area contributed by atoms with E-state index in [1.165, 1.54) is 22.9 Å². The van der Waals surface area contributed by atoms with Crippen molar-refractivity contribution in [2.24, 2.45) is 0 Å². The number of aromatic nitrogens is 4. The average Bonchev–Trinajstić information content (AvgIpc) is 3.19. The first-order valence-electron chi connectivity index (χ1n) is 6.94. The van der Waals surface area contributed by atoms with Gasteiger partial charge in [0.2, 0.25) is 0 Å². The van der Waals surface area contributed by atoms with Crippen molar-refractivity contribution in [2.45, 2.75) is 13.1 Å². The molecule has 2 heterocycles. The van der Waals surface area contributed by atoms with E-state index < -0.39 is 12.5 Å². The quantitative estimate of drug-likeness (QED) is 0.780. The van der Waals surface area contributed by atoms with E-state index in [4.69, 9.17) is 0 Å². The van der Waals surface area contributed by atoms with Gasteiger partial charge in [0, 0.05) is 24.0 Å². The Bertz CT molecular complexity index is 858. The molecule has 0 saturated heterocycles. The number of carbonyl (C=O) groups is 1. The van der Waals surface area contributed by atoms with Gasteiger partial charge in [-0.1, -0.05) is 18.2 Å². The molecule has 3 aromatic rings. The highest BCUT2D eigenvalue weighted by Crippen LogP contribution is 2.12. The van der Waals surface area contributed by atoms with Crippen molar-refractivity contribution in [1.29, 1.82) is 0 Å². The van der Waals surface area contributed by atoms with E-state index in [9.17, 15) is 18.0 Å². The zero-order valence-corrected chi connectivity index (χ0v) is 12.2. The third kappa shape index (κ3) is 3.45. The number of nitrogens with one attached hydrogen (secondary N) is 1. The molecule has 1 amide bonds. The van der Waals surface area contributed by atoms with Crippen LogP contribution in [-0.4, -0.2) is 25.5 Å². The highest BCUT2D eigenvalue weighted by atomic mass is 19.3. The number of halogens is 3. The van der Waals surface area contributed by atoms with Crippen LogP contribution >= 0.6 is 0 Å². The number of hydrogen-bond donors (Lipinski definition) is 1. The van der Waals surface area contributed by atoms with Gasteiger partial charge >= 0.3 is 6.55 Å². The van der Waals surface area contributed by atoms with Gasteiger partial charge in [-0.05, 0) is 12.1 Å². The van der Waals surface area contributed by atoms with Gasteiger partial charge in [0.15, 0.2) is 11.5 Å². The Labute approximate surface area is 134 Å². The lowest BCUT2D eigenvalue weighted by atomic mass is 10.2. The van der Waals surface area contributed by atoms with Crippen molar-refractivity contribution in [1.82, 2.24) is 19.6 Å². The molecule has 24 heavy (non-hydrogen) atoms. The van der Waals surface area contributed by atoms with E-state index in [1.807, 2.05) is 0 Å². The zero-order valence-electron chi connectivity index (χ0n) is 12.2. The fourth-order valence-electron chi connectivity index (χ4n) is 2.07. The predicted molar refractivity (Wildman–Crippen MR) is 79.2 cm³/mol. The highest BCUT2D eigenvalue weighted by molar-refractivity contribution is 6.02. The Hall–Kier alpha value is -3.10. The van der Waals surface area contributed by atoms with Crippen molar-refractivity contribution in [3.63, 3.8) is 0 Å². The number of nitrogens with zero attached hydrogens (tertiary/aromatic N) is 4. The number of hydrogen-bond acceptors (Lipinski definition) is 3. The summed E-state index contributed by atoms with van der Waals surface area (Å²) in [5.41, 5.74) is 0.299. The number of carbonyl (C=O) groups excluding carboxylic acids is 1.